The molecule has 12 heavy (non-hydrogen) atoms. The fraction of sp³-hybridized carbons (Fsp3) is 0.333. The van der Waals surface area contributed by atoms with Crippen molar-refractivity contribution in [2.45, 2.75) is 25.7 Å². The van der Waals surface area contributed by atoms with Gasteiger partial charge in [-0.2, -0.15) is 0 Å². The minimum Gasteiger partial charge on any atom is -0.103 e. The molecule has 0 spiro atoms. The molecule has 0 amide bonds. The Labute approximate surface area is 73.9 Å². The Balaban J connectivity index is 2.26. The van der Waals surface area contributed by atoms with Gasteiger partial charge in [-0.25, -0.2) is 0 Å². The van der Waals surface area contributed by atoms with Crippen LogP contribution < -0.4 is 0 Å². The van der Waals surface area contributed by atoms with Gasteiger partial charge in [0.15, 0.2) is 0 Å². The van der Waals surface area contributed by atoms with Gasteiger partial charge in [-0.15, -0.1) is 6.58 Å². The largest absolute Gasteiger partial charge is 0.103 e. The zero-order valence-electron chi connectivity index (χ0n) is 7.51. The second-order valence-corrected chi connectivity index (χ2v) is 3.59. The molecule has 0 heterocycles. The third kappa shape index (κ3) is 0.989. The summed E-state index contributed by atoms with van der Waals surface area (Å²) in [6, 6.07) is 6.63. The molecule has 0 saturated heterocycles. The zero-order valence-corrected chi connectivity index (χ0v) is 7.51. The van der Waals surface area contributed by atoms with Crippen LogP contribution in [0.1, 0.15) is 36.0 Å². The molecule has 0 radical (unpaired) electrons. The van der Waals surface area contributed by atoms with Gasteiger partial charge in [0, 0.05) is 0 Å². The third-order valence-corrected chi connectivity index (χ3v) is 2.68. The summed E-state index contributed by atoms with van der Waals surface area (Å²) >= 11 is 0. The van der Waals surface area contributed by atoms with Crippen LogP contribution in [0.5, 0.6) is 0 Å². The van der Waals surface area contributed by atoms with Crippen LogP contribution in [0, 0.1) is 0 Å². The molecule has 62 valence electrons. The van der Waals surface area contributed by atoms with Gasteiger partial charge in [0.1, 0.15) is 0 Å². The quantitative estimate of drug-likeness (QED) is 0.601. The maximum absolute atomic E-state index is 3.78. The van der Waals surface area contributed by atoms with Crippen molar-refractivity contribution in [2.24, 2.45) is 0 Å². The van der Waals surface area contributed by atoms with Crippen molar-refractivity contribution >= 4 is 0 Å². The molecule has 0 aliphatic heterocycles. The zero-order chi connectivity index (χ0) is 8.55. The van der Waals surface area contributed by atoms with E-state index in [1.54, 1.807) is 16.7 Å². The van der Waals surface area contributed by atoms with Crippen molar-refractivity contribution in [3.63, 3.8) is 0 Å². The summed E-state index contributed by atoms with van der Waals surface area (Å²) < 4.78 is 0. The average Bonchev–Trinajstić information content (AvgIpc) is 2.05. The van der Waals surface area contributed by atoms with E-state index in [0.717, 1.165) is 6.42 Å². The lowest BCUT2D eigenvalue weighted by Crippen LogP contribution is -2.13. The van der Waals surface area contributed by atoms with Crippen LogP contribution in [0.2, 0.25) is 0 Å². The Bertz CT molecular complexity index is 290. The minimum atomic E-state index is 0.669. The van der Waals surface area contributed by atoms with E-state index < -0.39 is 0 Å². The number of rotatable bonds is 3. The van der Waals surface area contributed by atoms with Crippen LogP contribution in [0.25, 0.3) is 0 Å². The number of hydrogen-bond acceptors (Lipinski definition) is 0. The highest BCUT2D eigenvalue weighted by Gasteiger charge is 2.21. The van der Waals surface area contributed by atoms with E-state index in [-0.39, 0.29) is 0 Å². The number of allylic oxidation sites excluding steroid dienone is 1. The van der Waals surface area contributed by atoms with Crippen LogP contribution in [-0.2, 0) is 6.42 Å². The van der Waals surface area contributed by atoms with E-state index in [4.69, 9.17) is 0 Å². The highest BCUT2D eigenvalue weighted by Crippen LogP contribution is 2.36. The minimum absolute atomic E-state index is 0.669. The van der Waals surface area contributed by atoms with Gasteiger partial charge in [0.25, 0.3) is 0 Å². The first-order valence-corrected chi connectivity index (χ1v) is 4.54. The number of benzene rings is 1. The standard InChI is InChI=1S/C12H14/c1-3-5-9(2)12-10-6-4-7-11(12)8-10/h3-4,6-7,9H,1,5,8H2,2H3. The molecule has 0 fully saturated rings. The summed E-state index contributed by atoms with van der Waals surface area (Å²) in [5, 5.41) is 0. The Morgan fingerprint density at radius 2 is 2.17 bits per heavy atom. The molecule has 0 heteroatoms. The van der Waals surface area contributed by atoms with Crippen molar-refractivity contribution in [3.05, 3.63) is 47.5 Å². The molecule has 2 aliphatic carbocycles. The van der Waals surface area contributed by atoms with Crippen LogP contribution in [0.15, 0.2) is 30.9 Å². The van der Waals surface area contributed by atoms with Crippen LogP contribution in [-0.4, -0.2) is 0 Å². The monoisotopic (exact) mass is 158 g/mol. The molecule has 0 aromatic heterocycles. The van der Waals surface area contributed by atoms with Crippen LogP contribution in [0.4, 0.5) is 0 Å². The van der Waals surface area contributed by atoms with Gasteiger partial charge < -0.3 is 0 Å². The molecule has 0 nitrogen and oxygen atoms in total. The Hall–Kier alpha value is -1.04. The molecule has 1 aromatic carbocycles. The van der Waals surface area contributed by atoms with Crippen LogP contribution in [0.3, 0.4) is 0 Å². The molecule has 2 bridgehead atoms. The predicted octanol–water partition coefficient (Wildman–Crippen LogP) is 3.27. The van der Waals surface area contributed by atoms with Gasteiger partial charge in [-0.05, 0) is 35.4 Å². The average molecular weight is 158 g/mol. The van der Waals surface area contributed by atoms with Gasteiger partial charge >= 0.3 is 0 Å². The summed E-state index contributed by atoms with van der Waals surface area (Å²) in [6.07, 6.45) is 4.31. The smallest absolute Gasteiger partial charge is 0.00199 e. The van der Waals surface area contributed by atoms with Gasteiger partial charge in [0.05, 0.1) is 0 Å². The van der Waals surface area contributed by atoms with Crippen molar-refractivity contribution in [1.82, 2.24) is 0 Å². The van der Waals surface area contributed by atoms with Crippen molar-refractivity contribution in [3.8, 4) is 0 Å². The molecular weight excluding hydrogens is 144 g/mol. The highest BCUT2D eigenvalue weighted by molar-refractivity contribution is 5.50. The first-order valence-electron chi connectivity index (χ1n) is 4.54. The summed E-state index contributed by atoms with van der Waals surface area (Å²) in [6.45, 7) is 6.06. The fourth-order valence-corrected chi connectivity index (χ4v) is 2.07. The topological polar surface area (TPSA) is 0 Å². The summed E-state index contributed by atoms with van der Waals surface area (Å²) in [5.74, 6) is 0.669. The molecule has 3 rings (SSSR count). The predicted molar refractivity (Wildman–Crippen MR) is 52.5 cm³/mol. The molecule has 1 unspecified atom stereocenters. The van der Waals surface area contributed by atoms with Crippen molar-refractivity contribution < 1.29 is 0 Å². The number of fused-ring (bicyclic) bond motifs is 2. The maximum Gasteiger partial charge on any atom is -0.00199 e. The number of hydrogen-bond donors (Lipinski definition) is 0. The van der Waals surface area contributed by atoms with E-state index in [1.807, 2.05) is 6.08 Å². The van der Waals surface area contributed by atoms with Gasteiger partial charge in [0.2, 0.25) is 0 Å². The molecule has 0 saturated carbocycles. The van der Waals surface area contributed by atoms with Crippen molar-refractivity contribution in [1.29, 1.82) is 0 Å². The maximum atomic E-state index is 3.78. The van der Waals surface area contributed by atoms with E-state index in [0.29, 0.717) is 5.92 Å². The van der Waals surface area contributed by atoms with E-state index in [9.17, 15) is 0 Å². The molecule has 2 aliphatic rings. The summed E-state index contributed by atoms with van der Waals surface area (Å²) in [5.41, 5.74) is 4.67. The third-order valence-electron chi connectivity index (χ3n) is 2.68. The van der Waals surface area contributed by atoms with E-state index in [2.05, 4.69) is 31.7 Å². The van der Waals surface area contributed by atoms with Gasteiger partial charge in [-0.1, -0.05) is 31.2 Å². The second-order valence-electron chi connectivity index (χ2n) is 3.59. The summed E-state index contributed by atoms with van der Waals surface area (Å²) in [4.78, 5) is 0. The van der Waals surface area contributed by atoms with Crippen LogP contribution >= 0.6 is 0 Å². The molecule has 1 atom stereocenters. The SMILES string of the molecule is C=CCC(C)c1c2cccc1C2. The lowest BCUT2D eigenvalue weighted by molar-refractivity contribution is 0.733. The van der Waals surface area contributed by atoms with E-state index in [1.165, 1.54) is 6.42 Å². The molecule has 1 aromatic rings. The second kappa shape index (κ2) is 2.78. The van der Waals surface area contributed by atoms with Crippen molar-refractivity contribution in [2.75, 3.05) is 0 Å². The lowest BCUT2D eigenvalue weighted by atomic mass is 9.77. The normalized spacial score (nSPS) is 15.1. The highest BCUT2D eigenvalue weighted by atomic mass is 14.3. The Morgan fingerprint density at radius 1 is 1.50 bits per heavy atom. The first kappa shape index (κ1) is 7.60. The van der Waals surface area contributed by atoms with Gasteiger partial charge in [-0.3, -0.25) is 0 Å². The Morgan fingerprint density at radius 3 is 2.67 bits per heavy atom. The Kier molecular flexibility index (Phi) is 1.76. The van der Waals surface area contributed by atoms with E-state index >= 15 is 0 Å². The lowest BCUT2D eigenvalue weighted by Gasteiger charge is -2.27. The fourth-order valence-electron chi connectivity index (χ4n) is 2.07. The molecular formula is C12H14. The first-order chi connectivity index (χ1) is 5.83. The summed E-state index contributed by atoms with van der Waals surface area (Å²) in [7, 11) is 0. The molecule has 0 N–H and O–H groups in total.